The molecule has 1 unspecified atom stereocenters. The number of amides is 2. The number of carbonyl (C=O) groups is 3. The molecule has 2 amide bonds. The average Bonchev–Trinajstić information content (AvgIpc) is 2.24. The molecule has 0 bridgehead atoms. The zero-order valence-corrected chi connectivity index (χ0v) is 10.6. The van der Waals surface area contributed by atoms with E-state index in [1.165, 1.54) is 0 Å². The molecule has 19 heavy (non-hydrogen) atoms. The van der Waals surface area contributed by atoms with Crippen molar-refractivity contribution in [3.8, 4) is 0 Å². The molecule has 1 atom stereocenters. The number of ether oxygens (including phenoxy) is 1. The lowest BCUT2D eigenvalue weighted by Crippen LogP contribution is -2.54. The van der Waals surface area contributed by atoms with Gasteiger partial charge in [-0.15, -0.1) is 0 Å². The fourth-order valence-corrected chi connectivity index (χ4v) is 1.82. The second-order valence-corrected chi connectivity index (χ2v) is 4.35. The average molecular weight is 274 g/mol. The molecule has 0 aliphatic heterocycles. The van der Waals surface area contributed by atoms with E-state index in [0.717, 1.165) is 0 Å². The number of hydrogen-bond donors (Lipinski definition) is 4. The first-order valence-corrected chi connectivity index (χ1v) is 6.05. The molecule has 0 saturated heterocycles. The van der Waals surface area contributed by atoms with E-state index in [0.29, 0.717) is 19.4 Å². The van der Waals surface area contributed by atoms with Crippen LogP contribution in [0.15, 0.2) is 0 Å². The minimum atomic E-state index is -1.43. The van der Waals surface area contributed by atoms with Crippen LogP contribution in [0.25, 0.3) is 0 Å². The summed E-state index contributed by atoms with van der Waals surface area (Å²) in [6.45, 7) is 2.50. The Bertz CT molecular complexity index is 353. The van der Waals surface area contributed by atoms with Crippen molar-refractivity contribution in [2.24, 2.45) is 0 Å². The molecular formula is C11H18N2O6. The first-order chi connectivity index (χ1) is 8.92. The second kappa shape index (κ2) is 6.93. The Balaban J connectivity index is 2.30. The molecule has 1 rings (SSSR count). The van der Waals surface area contributed by atoms with Crippen molar-refractivity contribution in [3.63, 3.8) is 0 Å². The van der Waals surface area contributed by atoms with Gasteiger partial charge in [-0.1, -0.05) is 0 Å². The third-order valence-electron chi connectivity index (χ3n) is 2.81. The third kappa shape index (κ3) is 5.12. The monoisotopic (exact) mass is 274 g/mol. The van der Waals surface area contributed by atoms with Crippen LogP contribution >= 0.6 is 0 Å². The van der Waals surface area contributed by atoms with E-state index >= 15 is 0 Å². The maximum absolute atomic E-state index is 11.5. The molecule has 1 aliphatic carbocycles. The van der Waals surface area contributed by atoms with Crippen molar-refractivity contribution in [1.82, 2.24) is 10.6 Å². The van der Waals surface area contributed by atoms with Crippen LogP contribution in [-0.2, 0) is 14.3 Å². The highest BCUT2D eigenvalue weighted by Gasteiger charge is 2.31. The van der Waals surface area contributed by atoms with Crippen molar-refractivity contribution in [2.45, 2.75) is 44.4 Å². The molecule has 8 nitrogen and oxygen atoms in total. The number of nitrogens with one attached hydrogen (secondary N) is 2. The molecule has 1 fully saturated rings. The van der Waals surface area contributed by atoms with Crippen molar-refractivity contribution in [1.29, 1.82) is 0 Å². The predicted octanol–water partition coefficient (Wildman–Crippen LogP) is -0.219. The highest BCUT2D eigenvalue weighted by atomic mass is 16.5. The summed E-state index contributed by atoms with van der Waals surface area (Å²) in [7, 11) is 0. The van der Waals surface area contributed by atoms with Crippen LogP contribution in [0.5, 0.6) is 0 Å². The van der Waals surface area contributed by atoms with Gasteiger partial charge in [-0.25, -0.2) is 9.59 Å². The van der Waals surface area contributed by atoms with Crippen molar-refractivity contribution in [3.05, 3.63) is 0 Å². The molecule has 8 heteroatoms. The van der Waals surface area contributed by atoms with E-state index in [1.807, 2.05) is 6.92 Å². The van der Waals surface area contributed by atoms with Gasteiger partial charge in [0, 0.05) is 12.6 Å². The Labute approximate surface area is 110 Å². The Morgan fingerprint density at radius 3 is 2.42 bits per heavy atom. The third-order valence-corrected chi connectivity index (χ3v) is 2.81. The fraction of sp³-hybridized carbons (Fsp3) is 0.727. The largest absolute Gasteiger partial charge is 0.481 e. The van der Waals surface area contributed by atoms with E-state index in [9.17, 15) is 14.4 Å². The number of aliphatic carboxylic acids is 2. The lowest BCUT2D eigenvalue weighted by molar-refractivity contribution is -0.145. The quantitative estimate of drug-likeness (QED) is 0.508. The van der Waals surface area contributed by atoms with Gasteiger partial charge in [0.2, 0.25) is 0 Å². The molecule has 0 radical (unpaired) electrons. The number of rotatable bonds is 7. The van der Waals surface area contributed by atoms with Crippen LogP contribution in [0.4, 0.5) is 4.79 Å². The maximum atomic E-state index is 11.5. The van der Waals surface area contributed by atoms with Gasteiger partial charge in [-0.2, -0.15) is 0 Å². The van der Waals surface area contributed by atoms with E-state index in [4.69, 9.17) is 14.9 Å². The van der Waals surface area contributed by atoms with Crippen LogP contribution in [0.1, 0.15) is 26.2 Å². The standard InChI is InChI=1S/C11H18N2O6/c1-2-19-7-3-6(4-7)12-11(18)13-8(10(16)17)5-9(14)15/h6-8H,2-5H2,1H3,(H,14,15)(H,16,17)(H2,12,13,18). The van der Waals surface area contributed by atoms with E-state index < -0.39 is 30.4 Å². The van der Waals surface area contributed by atoms with Gasteiger partial charge in [-0.3, -0.25) is 4.79 Å². The van der Waals surface area contributed by atoms with Gasteiger partial charge >= 0.3 is 18.0 Å². The smallest absolute Gasteiger partial charge is 0.326 e. The molecular weight excluding hydrogens is 256 g/mol. The molecule has 0 heterocycles. The normalized spacial score (nSPS) is 23.0. The molecule has 108 valence electrons. The van der Waals surface area contributed by atoms with Crippen LogP contribution in [0.2, 0.25) is 0 Å². The minimum Gasteiger partial charge on any atom is -0.481 e. The zero-order chi connectivity index (χ0) is 14.4. The summed E-state index contributed by atoms with van der Waals surface area (Å²) < 4.78 is 5.32. The van der Waals surface area contributed by atoms with E-state index in [1.54, 1.807) is 0 Å². The lowest BCUT2D eigenvalue weighted by atomic mass is 9.89. The highest BCUT2D eigenvalue weighted by molar-refractivity contribution is 5.86. The lowest BCUT2D eigenvalue weighted by Gasteiger charge is -2.35. The molecule has 1 aliphatic rings. The van der Waals surface area contributed by atoms with Gasteiger partial charge in [0.1, 0.15) is 6.04 Å². The number of carboxylic acid groups (broad SMARTS) is 2. The fourth-order valence-electron chi connectivity index (χ4n) is 1.82. The summed E-state index contributed by atoms with van der Waals surface area (Å²) in [6, 6.07) is -2.16. The van der Waals surface area contributed by atoms with E-state index in [-0.39, 0.29) is 12.1 Å². The molecule has 0 spiro atoms. The van der Waals surface area contributed by atoms with Crippen molar-refractivity contribution < 1.29 is 29.3 Å². The first-order valence-electron chi connectivity index (χ1n) is 6.05. The summed E-state index contributed by atoms with van der Waals surface area (Å²) in [4.78, 5) is 32.7. The predicted molar refractivity (Wildman–Crippen MR) is 63.8 cm³/mol. The Kier molecular flexibility index (Phi) is 5.56. The maximum Gasteiger partial charge on any atom is 0.326 e. The van der Waals surface area contributed by atoms with Crippen LogP contribution in [0.3, 0.4) is 0 Å². The number of carboxylic acids is 2. The molecule has 4 N–H and O–H groups in total. The molecule has 1 saturated carbocycles. The number of hydrogen-bond acceptors (Lipinski definition) is 4. The van der Waals surface area contributed by atoms with Crippen LogP contribution in [-0.4, -0.2) is 53.0 Å². The Hall–Kier alpha value is -1.83. The van der Waals surface area contributed by atoms with Gasteiger partial charge in [0.25, 0.3) is 0 Å². The summed E-state index contributed by atoms with van der Waals surface area (Å²) in [5.41, 5.74) is 0. The van der Waals surface area contributed by atoms with Crippen molar-refractivity contribution >= 4 is 18.0 Å². The SMILES string of the molecule is CCOC1CC(NC(=O)NC(CC(=O)O)C(=O)O)C1. The summed E-state index contributed by atoms with van der Waals surface area (Å²) in [5.74, 6) is -2.66. The Morgan fingerprint density at radius 2 is 1.95 bits per heavy atom. The van der Waals surface area contributed by atoms with Gasteiger partial charge in [0.05, 0.1) is 12.5 Å². The first kappa shape index (κ1) is 15.2. The van der Waals surface area contributed by atoms with Gasteiger partial charge < -0.3 is 25.6 Å². The minimum absolute atomic E-state index is 0.0594. The molecule has 0 aromatic rings. The molecule has 0 aromatic carbocycles. The number of urea groups is 1. The Morgan fingerprint density at radius 1 is 1.32 bits per heavy atom. The summed E-state index contributed by atoms with van der Waals surface area (Å²) >= 11 is 0. The van der Waals surface area contributed by atoms with E-state index in [2.05, 4.69) is 10.6 Å². The second-order valence-electron chi connectivity index (χ2n) is 4.35. The van der Waals surface area contributed by atoms with Gasteiger partial charge in [-0.05, 0) is 19.8 Å². The van der Waals surface area contributed by atoms with Crippen molar-refractivity contribution in [2.75, 3.05) is 6.61 Å². The highest BCUT2D eigenvalue weighted by Crippen LogP contribution is 2.22. The van der Waals surface area contributed by atoms with Crippen LogP contribution < -0.4 is 10.6 Å². The summed E-state index contributed by atoms with van der Waals surface area (Å²) in [5, 5.41) is 22.0. The number of carbonyl (C=O) groups excluding carboxylic acids is 1. The topological polar surface area (TPSA) is 125 Å². The van der Waals surface area contributed by atoms with Gasteiger partial charge in [0.15, 0.2) is 0 Å². The summed E-state index contributed by atoms with van der Waals surface area (Å²) in [6.07, 6.45) is 0.829. The zero-order valence-electron chi connectivity index (χ0n) is 10.6. The molecule has 0 aromatic heterocycles. The van der Waals surface area contributed by atoms with Crippen LogP contribution in [0, 0.1) is 0 Å².